The van der Waals surface area contributed by atoms with E-state index in [4.69, 9.17) is 11.6 Å². The van der Waals surface area contributed by atoms with E-state index in [1.54, 1.807) is 6.20 Å². The highest BCUT2D eigenvalue weighted by atomic mass is 35.5. The van der Waals surface area contributed by atoms with Gasteiger partial charge in [-0.1, -0.05) is 0 Å². The molecular weight excluding hydrogens is 229 g/mol. The number of hydrogen-bond donors (Lipinski definition) is 0. The van der Waals surface area contributed by atoms with Crippen LogP contribution < -0.4 is 0 Å². The third-order valence-corrected chi connectivity index (χ3v) is 2.37. The average molecular weight is 235 g/mol. The first-order valence-electron chi connectivity index (χ1n) is 4.11. The molecule has 0 aliphatic rings. The van der Waals surface area contributed by atoms with Gasteiger partial charge in [-0.05, 0) is 6.07 Å². The number of nitrogens with zero attached hydrogens (tertiary/aromatic N) is 2. The first-order valence-corrected chi connectivity index (χ1v) is 4.65. The fourth-order valence-corrected chi connectivity index (χ4v) is 1.70. The molecule has 0 aliphatic carbocycles. The Labute approximate surface area is 88.3 Å². The zero-order valence-corrected chi connectivity index (χ0v) is 8.18. The first kappa shape index (κ1) is 10.3. The van der Waals surface area contributed by atoms with Crippen LogP contribution in [-0.4, -0.2) is 9.38 Å². The Morgan fingerprint density at radius 1 is 1.33 bits per heavy atom. The van der Waals surface area contributed by atoms with Gasteiger partial charge >= 0.3 is 6.18 Å². The molecule has 2 nitrogen and oxygen atoms in total. The highest BCUT2D eigenvalue weighted by Crippen LogP contribution is 2.33. The van der Waals surface area contributed by atoms with Crippen LogP contribution >= 0.6 is 11.6 Å². The Bertz CT molecular complexity index is 490. The molecule has 2 heterocycles. The molecule has 0 bridgehead atoms. The van der Waals surface area contributed by atoms with E-state index in [0.29, 0.717) is 0 Å². The van der Waals surface area contributed by atoms with Crippen molar-refractivity contribution in [1.29, 1.82) is 0 Å². The average Bonchev–Trinajstić information content (AvgIpc) is 2.61. The van der Waals surface area contributed by atoms with Gasteiger partial charge in [-0.25, -0.2) is 4.98 Å². The van der Waals surface area contributed by atoms with E-state index in [1.807, 2.05) is 0 Å². The van der Waals surface area contributed by atoms with Gasteiger partial charge in [0, 0.05) is 24.2 Å². The van der Waals surface area contributed by atoms with Crippen molar-refractivity contribution >= 4 is 17.2 Å². The second-order valence-corrected chi connectivity index (χ2v) is 3.26. The lowest BCUT2D eigenvalue weighted by Gasteiger charge is -2.11. The topological polar surface area (TPSA) is 17.3 Å². The molecule has 0 N–H and O–H groups in total. The highest BCUT2D eigenvalue weighted by Gasteiger charge is 2.34. The van der Waals surface area contributed by atoms with Crippen LogP contribution in [0.5, 0.6) is 0 Å². The maximum Gasteiger partial charge on any atom is 0.416 e. The van der Waals surface area contributed by atoms with Crippen LogP contribution in [0.3, 0.4) is 0 Å². The Morgan fingerprint density at radius 2 is 2.07 bits per heavy atom. The third kappa shape index (κ3) is 1.67. The summed E-state index contributed by atoms with van der Waals surface area (Å²) in [5, 5.41) is 0. The lowest BCUT2D eigenvalue weighted by atomic mass is 10.1. The number of halogens is 4. The van der Waals surface area contributed by atoms with E-state index < -0.39 is 11.7 Å². The number of imidazole rings is 1. The number of alkyl halides is 4. The minimum absolute atomic E-state index is 0.0108. The van der Waals surface area contributed by atoms with Crippen molar-refractivity contribution in [3.8, 4) is 0 Å². The maximum atomic E-state index is 12.6. The van der Waals surface area contributed by atoms with Gasteiger partial charge in [-0.3, -0.25) is 0 Å². The van der Waals surface area contributed by atoms with Crippen LogP contribution in [0.1, 0.15) is 11.1 Å². The lowest BCUT2D eigenvalue weighted by molar-refractivity contribution is -0.138. The van der Waals surface area contributed by atoms with Gasteiger partial charge in [0.15, 0.2) is 0 Å². The predicted octanol–water partition coefficient (Wildman–Crippen LogP) is 3.09. The Hall–Kier alpha value is -1.23. The summed E-state index contributed by atoms with van der Waals surface area (Å²) in [7, 11) is 0. The van der Waals surface area contributed by atoms with Gasteiger partial charge in [-0.2, -0.15) is 13.2 Å². The van der Waals surface area contributed by atoms with Crippen LogP contribution in [0.15, 0.2) is 24.7 Å². The van der Waals surface area contributed by atoms with Gasteiger partial charge in [0.05, 0.1) is 11.4 Å². The molecule has 2 aromatic heterocycles. The smallest absolute Gasteiger partial charge is 0.307 e. The molecule has 0 saturated carbocycles. The van der Waals surface area contributed by atoms with E-state index >= 15 is 0 Å². The summed E-state index contributed by atoms with van der Waals surface area (Å²) in [6.07, 6.45) is -0.0593. The number of pyridine rings is 1. The number of hydrogen-bond acceptors (Lipinski definition) is 1. The van der Waals surface area contributed by atoms with Crippen molar-refractivity contribution in [2.24, 2.45) is 0 Å². The van der Waals surface area contributed by atoms with Crippen molar-refractivity contribution in [2.75, 3.05) is 0 Å². The number of aromatic nitrogens is 2. The quantitative estimate of drug-likeness (QED) is 0.693. The molecule has 0 saturated heterocycles. The van der Waals surface area contributed by atoms with Gasteiger partial charge < -0.3 is 4.40 Å². The highest BCUT2D eigenvalue weighted by molar-refractivity contribution is 6.17. The molecule has 0 amide bonds. The number of rotatable bonds is 1. The molecule has 0 unspecified atom stereocenters. The first-order chi connectivity index (χ1) is 7.04. The molecule has 80 valence electrons. The standard InChI is InChI=1S/C9H6ClF3N2/c10-5-6-7(9(11,12)13)1-3-15-4-2-14-8(6)15/h1-4H,5H2. The summed E-state index contributed by atoms with van der Waals surface area (Å²) < 4.78 is 39.2. The molecule has 2 rings (SSSR count). The van der Waals surface area contributed by atoms with E-state index in [-0.39, 0.29) is 17.1 Å². The number of fused-ring (bicyclic) bond motifs is 1. The minimum Gasteiger partial charge on any atom is -0.307 e. The van der Waals surface area contributed by atoms with Crippen molar-refractivity contribution in [2.45, 2.75) is 12.1 Å². The molecule has 0 aromatic carbocycles. The fraction of sp³-hybridized carbons (Fsp3) is 0.222. The Kier molecular flexibility index (Phi) is 2.34. The maximum absolute atomic E-state index is 12.6. The Morgan fingerprint density at radius 3 is 2.67 bits per heavy atom. The van der Waals surface area contributed by atoms with Crippen LogP contribution in [0.25, 0.3) is 5.65 Å². The molecular formula is C9H6ClF3N2. The molecule has 0 atom stereocenters. The molecule has 6 heteroatoms. The van der Waals surface area contributed by atoms with Gasteiger partial charge in [0.1, 0.15) is 5.65 Å². The zero-order chi connectivity index (χ0) is 11.1. The minimum atomic E-state index is -4.39. The Balaban J connectivity index is 2.75. The fourth-order valence-electron chi connectivity index (χ4n) is 1.44. The van der Waals surface area contributed by atoms with Crippen LogP contribution in [0.4, 0.5) is 13.2 Å². The summed E-state index contributed by atoms with van der Waals surface area (Å²) in [5.41, 5.74) is -0.465. The molecule has 2 aromatic rings. The van der Waals surface area contributed by atoms with Crippen molar-refractivity contribution < 1.29 is 13.2 Å². The van der Waals surface area contributed by atoms with E-state index in [9.17, 15) is 13.2 Å². The van der Waals surface area contributed by atoms with Crippen LogP contribution in [0.2, 0.25) is 0 Å². The normalized spacial score (nSPS) is 12.3. The second kappa shape index (κ2) is 3.41. The van der Waals surface area contributed by atoms with E-state index in [1.165, 1.54) is 16.8 Å². The van der Waals surface area contributed by atoms with Gasteiger partial charge in [0.2, 0.25) is 0 Å². The largest absolute Gasteiger partial charge is 0.416 e. The van der Waals surface area contributed by atoms with Crippen LogP contribution in [0, 0.1) is 0 Å². The zero-order valence-electron chi connectivity index (χ0n) is 7.42. The summed E-state index contributed by atoms with van der Waals surface area (Å²) in [6, 6.07) is 1.01. The predicted molar refractivity (Wildman–Crippen MR) is 49.8 cm³/mol. The van der Waals surface area contributed by atoms with Gasteiger partial charge in [-0.15, -0.1) is 11.6 Å². The van der Waals surface area contributed by atoms with E-state index in [0.717, 1.165) is 6.07 Å². The van der Waals surface area contributed by atoms with Crippen molar-refractivity contribution in [3.05, 3.63) is 35.8 Å². The summed E-state index contributed by atoms with van der Waals surface area (Å²) in [4.78, 5) is 3.84. The summed E-state index contributed by atoms with van der Waals surface area (Å²) >= 11 is 5.52. The second-order valence-electron chi connectivity index (χ2n) is 3.00. The molecule has 0 fully saturated rings. The monoisotopic (exact) mass is 234 g/mol. The molecule has 15 heavy (non-hydrogen) atoms. The summed E-state index contributed by atoms with van der Waals surface area (Å²) in [6.45, 7) is 0. The van der Waals surface area contributed by atoms with Crippen LogP contribution in [-0.2, 0) is 12.1 Å². The summed E-state index contributed by atoms with van der Waals surface area (Å²) in [5.74, 6) is -0.212. The third-order valence-electron chi connectivity index (χ3n) is 2.10. The van der Waals surface area contributed by atoms with Crippen molar-refractivity contribution in [1.82, 2.24) is 9.38 Å². The lowest BCUT2D eigenvalue weighted by Crippen LogP contribution is -2.10. The molecule has 0 spiro atoms. The SMILES string of the molecule is FC(F)(F)c1ccn2ccnc2c1CCl. The van der Waals surface area contributed by atoms with Crippen molar-refractivity contribution in [3.63, 3.8) is 0 Å². The van der Waals surface area contributed by atoms with E-state index in [2.05, 4.69) is 4.98 Å². The molecule has 0 aliphatic heterocycles. The van der Waals surface area contributed by atoms with Gasteiger partial charge in [0.25, 0.3) is 0 Å². The molecule has 0 radical (unpaired) electrons.